The highest BCUT2D eigenvalue weighted by Gasteiger charge is 2.25. The third-order valence-electron chi connectivity index (χ3n) is 5.15. The number of benzene rings is 1. The lowest BCUT2D eigenvalue weighted by Crippen LogP contribution is -2.31. The standard InChI is InChI=1S/C21H28N6OS/c1-14(2)18-22-19(28-25-18)16(4)29-21-24-23-20(26-12-6-5-7-13-26)27(21)17-10-8-15(3)9-11-17/h8-11,14,16H,5-7,12-13H2,1-4H3. The summed E-state index contributed by atoms with van der Waals surface area (Å²) >= 11 is 1.60. The first-order chi connectivity index (χ1) is 14.0. The van der Waals surface area contributed by atoms with Crippen LogP contribution in [0.5, 0.6) is 0 Å². The van der Waals surface area contributed by atoms with Gasteiger partial charge < -0.3 is 9.42 Å². The van der Waals surface area contributed by atoms with Crippen LogP contribution in [0.1, 0.15) is 68.5 Å². The molecule has 1 atom stereocenters. The molecule has 29 heavy (non-hydrogen) atoms. The molecule has 3 heterocycles. The summed E-state index contributed by atoms with van der Waals surface area (Å²) in [5.41, 5.74) is 2.31. The van der Waals surface area contributed by atoms with Crippen LogP contribution in [0.4, 0.5) is 5.95 Å². The molecule has 1 fully saturated rings. The van der Waals surface area contributed by atoms with Gasteiger partial charge in [0.1, 0.15) is 0 Å². The quantitative estimate of drug-likeness (QED) is 0.532. The molecular formula is C21H28N6OS. The molecule has 0 aliphatic carbocycles. The molecule has 154 valence electrons. The van der Waals surface area contributed by atoms with Crippen molar-refractivity contribution in [2.75, 3.05) is 18.0 Å². The lowest BCUT2D eigenvalue weighted by molar-refractivity contribution is 0.373. The molecule has 4 rings (SSSR count). The highest BCUT2D eigenvalue weighted by molar-refractivity contribution is 7.99. The van der Waals surface area contributed by atoms with Crippen molar-refractivity contribution >= 4 is 17.7 Å². The van der Waals surface area contributed by atoms with Crippen LogP contribution in [0.25, 0.3) is 5.69 Å². The summed E-state index contributed by atoms with van der Waals surface area (Å²) in [6.45, 7) is 10.3. The van der Waals surface area contributed by atoms with E-state index in [-0.39, 0.29) is 11.2 Å². The molecule has 1 aliphatic rings. The molecule has 0 amide bonds. The van der Waals surface area contributed by atoms with Crippen LogP contribution in [0, 0.1) is 6.92 Å². The SMILES string of the molecule is Cc1ccc(-n2c(SC(C)c3nc(C(C)C)no3)nnc2N2CCCCC2)cc1. The molecule has 1 saturated heterocycles. The van der Waals surface area contributed by atoms with Gasteiger partial charge in [0, 0.05) is 19.0 Å². The predicted molar refractivity (Wildman–Crippen MR) is 115 cm³/mol. The summed E-state index contributed by atoms with van der Waals surface area (Å²) < 4.78 is 7.65. The second-order valence-corrected chi connectivity index (χ2v) is 9.21. The highest BCUT2D eigenvalue weighted by atomic mass is 32.2. The van der Waals surface area contributed by atoms with Gasteiger partial charge >= 0.3 is 0 Å². The zero-order valence-corrected chi connectivity index (χ0v) is 18.3. The first kappa shape index (κ1) is 19.9. The average Bonchev–Trinajstić information content (AvgIpc) is 3.37. The molecule has 1 aliphatic heterocycles. The molecule has 0 bridgehead atoms. The second-order valence-electron chi connectivity index (χ2n) is 7.91. The highest BCUT2D eigenvalue weighted by Crippen LogP contribution is 2.36. The van der Waals surface area contributed by atoms with Gasteiger partial charge in [-0.25, -0.2) is 0 Å². The Hall–Kier alpha value is -2.35. The van der Waals surface area contributed by atoms with E-state index in [1.165, 1.54) is 24.8 Å². The van der Waals surface area contributed by atoms with Crippen molar-refractivity contribution < 1.29 is 4.52 Å². The number of nitrogens with zero attached hydrogens (tertiary/aromatic N) is 6. The maximum atomic E-state index is 5.49. The van der Waals surface area contributed by atoms with Gasteiger partial charge in [0.2, 0.25) is 11.8 Å². The Bertz CT molecular complexity index is 942. The molecular weight excluding hydrogens is 384 g/mol. The van der Waals surface area contributed by atoms with Gasteiger partial charge in [-0.3, -0.25) is 4.57 Å². The molecule has 1 aromatic carbocycles. The summed E-state index contributed by atoms with van der Waals surface area (Å²) in [4.78, 5) is 6.89. The van der Waals surface area contributed by atoms with Crippen LogP contribution in [-0.2, 0) is 0 Å². The van der Waals surface area contributed by atoms with E-state index in [1.54, 1.807) is 11.8 Å². The Morgan fingerprint density at radius 1 is 1.00 bits per heavy atom. The van der Waals surface area contributed by atoms with Gasteiger partial charge in [-0.1, -0.05) is 48.5 Å². The average molecular weight is 413 g/mol. The number of rotatable bonds is 6. The third-order valence-corrected chi connectivity index (χ3v) is 6.18. The minimum Gasteiger partial charge on any atom is -0.341 e. The molecule has 2 aromatic heterocycles. The van der Waals surface area contributed by atoms with Crippen molar-refractivity contribution in [3.05, 3.63) is 41.5 Å². The summed E-state index contributed by atoms with van der Waals surface area (Å²) in [5, 5.41) is 14.0. The maximum Gasteiger partial charge on any atom is 0.239 e. The van der Waals surface area contributed by atoms with E-state index in [4.69, 9.17) is 4.52 Å². The van der Waals surface area contributed by atoms with Gasteiger partial charge in [-0.2, -0.15) is 4.98 Å². The molecule has 1 unspecified atom stereocenters. The molecule has 7 nitrogen and oxygen atoms in total. The number of hydrogen-bond acceptors (Lipinski definition) is 7. The Kier molecular flexibility index (Phi) is 5.89. The van der Waals surface area contributed by atoms with Crippen LogP contribution in [0.3, 0.4) is 0 Å². The molecule has 0 saturated carbocycles. The van der Waals surface area contributed by atoms with E-state index >= 15 is 0 Å². The fourth-order valence-corrected chi connectivity index (χ4v) is 4.31. The minimum absolute atomic E-state index is 0.0161. The molecule has 0 radical (unpaired) electrons. The second kappa shape index (κ2) is 8.57. The molecule has 8 heteroatoms. The molecule has 0 N–H and O–H groups in total. The fraction of sp³-hybridized carbons (Fsp3) is 0.524. The van der Waals surface area contributed by atoms with Crippen molar-refractivity contribution in [3.63, 3.8) is 0 Å². The van der Waals surface area contributed by atoms with Crippen LogP contribution < -0.4 is 4.90 Å². The zero-order valence-electron chi connectivity index (χ0n) is 17.5. The molecule has 0 spiro atoms. The largest absolute Gasteiger partial charge is 0.341 e. The summed E-state index contributed by atoms with van der Waals surface area (Å²) in [6.07, 6.45) is 3.67. The van der Waals surface area contributed by atoms with Crippen LogP contribution in [0.15, 0.2) is 33.9 Å². The van der Waals surface area contributed by atoms with Crippen molar-refractivity contribution in [3.8, 4) is 5.69 Å². The third kappa shape index (κ3) is 4.32. The number of thioether (sulfide) groups is 1. The van der Waals surface area contributed by atoms with Crippen molar-refractivity contribution in [1.29, 1.82) is 0 Å². The topological polar surface area (TPSA) is 72.9 Å². The number of anilines is 1. The smallest absolute Gasteiger partial charge is 0.239 e. The maximum absolute atomic E-state index is 5.49. The summed E-state index contributed by atoms with van der Waals surface area (Å²) in [7, 11) is 0. The Balaban J connectivity index is 1.66. The first-order valence-electron chi connectivity index (χ1n) is 10.3. The fourth-order valence-electron chi connectivity index (χ4n) is 3.41. The van der Waals surface area contributed by atoms with E-state index in [2.05, 4.69) is 81.8 Å². The number of hydrogen-bond donors (Lipinski definition) is 0. The normalized spacial score (nSPS) is 15.8. The van der Waals surface area contributed by atoms with Crippen LogP contribution in [-0.4, -0.2) is 38.0 Å². The van der Waals surface area contributed by atoms with Crippen molar-refractivity contribution in [2.45, 2.75) is 63.3 Å². The van der Waals surface area contributed by atoms with E-state index in [0.29, 0.717) is 5.89 Å². The molecule has 3 aromatic rings. The number of aryl methyl sites for hydroxylation is 1. The van der Waals surface area contributed by atoms with E-state index in [9.17, 15) is 0 Å². The predicted octanol–water partition coefficient (Wildman–Crippen LogP) is 4.93. The van der Waals surface area contributed by atoms with Gasteiger partial charge in [-0.05, 0) is 45.2 Å². The Morgan fingerprint density at radius 2 is 1.72 bits per heavy atom. The number of aromatic nitrogens is 5. The lowest BCUT2D eigenvalue weighted by Gasteiger charge is -2.28. The van der Waals surface area contributed by atoms with E-state index in [0.717, 1.165) is 35.7 Å². The van der Waals surface area contributed by atoms with Crippen LogP contribution in [0.2, 0.25) is 0 Å². The van der Waals surface area contributed by atoms with Gasteiger partial charge in [0.15, 0.2) is 11.0 Å². The number of piperidine rings is 1. The minimum atomic E-state index is -0.0161. The first-order valence-corrected chi connectivity index (χ1v) is 11.2. The van der Waals surface area contributed by atoms with Crippen molar-refractivity contribution in [1.82, 2.24) is 24.9 Å². The van der Waals surface area contributed by atoms with Crippen LogP contribution >= 0.6 is 11.8 Å². The van der Waals surface area contributed by atoms with Crippen molar-refractivity contribution in [2.24, 2.45) is 0 Å². The Labute approximate surface area is 175 Å². The van der Waals surface area contributed by atoms with Gasteiger partial charge in [0.05, 0.1) is 10.9 Å². The zero-order chi connectivity index (χ0) is 20.4. The van der Waals surface area contributed by atoms with Gasteiger partial charge in [0.25, 0.3) is 0 Å². The summed E-state index contributed by atoms with van der Waals surface area (Å²) in [5.74, 6) is 2.52. The van der Waals surface area contributed by atoms with Gasteiger partial charge in [-0.15, -0.1) is 10.2 Å². The lowest BCUT2D eigenvalue weighted by atomic mass is 10.1. The Morgan fingerprint density at radius 3 is 2.38 bits per heavy atom. The van der Waals surface area contributed by atoms with E-state index < -0.39 is 0 Å². The summed E-state index contributed by atoms with van der Waals surface area (Å²) in [6, 6.07) is 8.51. The van der Waals surface area contributed by atoms with E-state index in [1.807, 2.05) is 0 Å². The monoisotopic (exact) mass is 412 g/mol.